The summed E-state index contributed by atoms with van der Waals surface area (Å²) in [6.45, 7) is 2.06. The highest BCUT2D eigenvalue weighted by Gasteiger charge is 2.16. The summed E-state index contributed by atoms with van der Waals surface area (Å²) >= 11 is 3.37. The molecule has 1 heterocycles. The molecule has 1 aromatic rings. The Kier molecular flexibility index (Phi) is 6.85. The summed E-state index contributed by atoms with van der Waals surface area (Å²) in [5, 5.41) is 11.0. The number of nitrogens with zero attached hydrogens (tertiary/aromatic N) is 2. The molecule has 1 fully saturated rings. The largest absolute Gasteiger partial charge is 0.490 e. The van der Waals surface area contributed by atoms with Crippen molar-refractivity contribution < 1.29 is 19.1 Å². The smallest absolute Gasteiger partial charge is 0.255 e. The molecule has 128 valence electrons. The zero-order valence-electron chi connectivity index (χ0n) is 12.7. The molecule has 2 rings (SSSR count). The summed E-state index contributed by atoms with van der Waals surface area (Å²) in [5.74, 6) is 0.651. The zero-order chi connectivity index (χ0) is 17.5. The van der Waals surface area contributed by atoms with E-state index in [0.29, 0.717) is 29.0 Å². The number of amides is 2. The van der Waals surface area contributed by atoms with Crippen LogP contribution in [0.25, 0.3) is 0 Å². The van der Waals surface area contributed by atoms with Crippen LogP contribution in [-0.4, -0.2) is 42.2 Å². The van der Waals surface area contributed by atoms with E-state index in [2.05, 4.69) is 38.1 Å². The monoisotopic (exact) mass is 462 g/mol. The topological polar surface area (TPSA) is 115 Å². The summed E-state index contributed by atoms with van der Waals surface area (Å²) in [4.78, 5) is 22.0. The fourth-order valence-corrected chi connectivity index (χ4v) is 3.15. The van der Waals surface area contributed by atoms with E-state index < -0.39 is 5.91 Å². The second kappa shape index (κ2) is 8.87. The maximum atomic E-state index is 11.1. The predicted octanol–water partition coefficient (Wildman–Crippen LogP) is 1.11. The van der Waals surface area contributed by atoms with Crippen LogP contribution in [-0.2, 0) is 9.59 Å². The SMILES string of the molecule is CCOc1cc(C=NN=C2NC(=O)CS2)cc(I)c1OCC(N)=O. The van der Waals surface area contributed by atoms with Gasteiger partial charge >= 0.3 is 0 Å². The maximum Gasteiger partial charge on any atom is 0.255 e. The molecule has 0 radical (unpaired) electrons. The molecule has 24 heavy (non-hydrogen) atoms. The van der Waals surface area contributed by atoms with Gasteiger partial charge in [-0.3, -0.25) is 9.59 Å². The Hall–Kier alpha value is -1.82. The lowest BCUT2D eigenvalue weighted by molar-refractivity contribution is -0.120. The molecular weight excluding hydrogens is 447 g/mol. The van der Waals surface area contributed by atoms with Crippen LogP contribution in [0.3, 0.4) is 0 Å². The third-order valence-electron chi connectivity index (χ3n) is 2.63. The van der Waals surface area contributed by atoms with Gasteiger partial charge in [-0.25, -0.2) is 0 Å². The van der Waals surface area contributed by atoms with Crippen molar-refractivity contribution in [2.75, 3.05) is 19.0 Å². The van der Waals surface area contributed by atoms with Gasteiger partial charge in [-0.2, -0.15) is 5.10 Å². The summed E-state index contributed by atoms with van der Waals surface area (Å²) in [6.07, 6.45) is 1.54. The van der Waals surface area contributed by atoms with Crippen molar-refractivity contribution in [2.45, 2.75) is 6.92 Å². The minimum absolute atomic E-state index is 0.0851. The van der Waals surface area contributed by atoms with Crippen molar-refractivity contribution in [3.8, 4) is 11.5 Å². The van der Waals surface area contributed by atoms with Gasteiger partial charge < -0.3 is 20.5 Å². The molecule has 1 aliphatic heterocycles. The van der Waals surface area contributed by atoms with E-state index in [9.17, 15) is 9.59 Å². The van der Waals surface area contributed by atoms with Crippen molar-refractivity contribution in [1.29, 1.82) is 0 Å². The van der Waals surface area contributed by atoms with E-state index in [1.807, 2.05) is 13.0 Å². The van der Waals surface area contributed by atoms with Gasteiger partial charge in [0.25, 0.3) is 5.91 Å². The number of nitrogens with one attached hydrogen (secondary N) is 1. The van der Waals surface area contributed by atoms with Crippen molar-refractivity contribution in [2.24, 2.45) is 15.9 Å². The number of primary amides is 1. The number of ether oxygens (including phenoxy) is 2. The van der Waals surface area contributed by atoms with Gasteiger partial charge in [0.15, 0.2) is 23.3 Å². The molecule has 8 nitrogen and oxygen atoms in total. The number of amidine groups is 1. The molecule has 0 spiro atoms. The minimum Gasteiger partial charge on any atom is -0.490 e. The third kappa shape index (κ3) is 5.37. The van der Waals surface area contributed by atoms with Gasteiger partial charge in [0.2, 0.25) is 5.91 Å². The summed E-state index contributed by atoms with van der Waals surface area (Å²) in [5.41, 5.74) is 5.85. The zero-order valence-corrected chi connectivity index (χ0v) is 15.7. The van der Waals surface area contributed by atoms with Crippen LogP contribution in [0.5, 0.6) is 11.5 Å². The fourth-order valence-electron chi connectivity index (χ4n) is 1.74. The molecule has 10 heteroatoms. The average Bonchev–Trinajstić information content (AvgIpc) is 2.92. The molecule has 3 N–H and O–H groups in total. The van der Waals surface area contributed by atoms with Crippen LogP contribution in [0.2, 0.25) is 0 Å². The summed E-state index contributed by atoms with van der Waals surface area (Å²) < 4.78 is 11.7. The van der Waals surface area contributed by atoms with E-state index in [-0.39, 0.29) is 12.5 Å². The van der Waals surface area contributed by atoms with Gasteiger partial charge in [-0.05, 0) is 47.2 Å². The number of halogens is 1. The number of thioether (sulfide) groups is 1. The quantitative estimate of drug-likeness (QED) is 0.358. The van der Waals surface area contributed by atoms with E-state index in [1.165, 1.54) is 11.8 Å². The summed E-state index contributed by atoms with van der Waals surface area (Å²) in [7, 11) is 0. The Bertz CT molecular complexity index is 708. The highest BCUT2D eigenvalue weighted by Crippen LogP contribution is 2.33. The van der Waals surface area contributed by atoms with Gasteiger partial charge in [0, 0.05) is 0 Å². The van der Waals surface area contributed by atoms with Crippen LogP contribution in [0.1, 0.15) is 12.5 Å². The highest BCUT2D eigenvalue weighted by atomic mass is 127. The number of hydrogen-bond acceptors (Lipinski definition) is 7. The van der Waals surface area contributed by atoms with Gasteiger partial charge in [-0.1, -0.05) is 11.8 Å². The standard InChI is InChI=1S/C14H15IN4O4S/c1-2-22-10-4-8(3-9(15)13(10)23-6-11(16)20)5-17-19-14-18-12(21)7-24-14/h3-5H,2,6-7H2,1H3,(H2,16,20)(H,18,19,21). The van der Waals surface area contributed by atoms with Gasteiger partial charge in [0.1, 0.15) is 0 Å². The van der Waals surface area contributed by atoms with Crippen LogP contribution >= 0.6 is 34.4 Å². The Labute approximate surface area is 156 Å². The number of benzene rings is 1. The minimum atomic E-state index is -0.564. The van der Waals surface area contributed by atoms with Crippen LogP contribution in [0.4, 0.5) is 0 Å². The van der Waals surface area contributed by atoms with Crippen LogP contribution in [0, 0.1) is 3.57 Å². The molecular formula is C14H15IN4O4S. The van der Waals surface area contributed by atoms with E-state index in [1.54, 1.807) is 12.3 Å². The van der Waals surface area contributed by atoms with Crippen LogP contribution in [0.15, 0.2) is 22.3 Å². The van der Waals surface area contributed by atoms with Crippen molar-refractivity contribution >= 4 is 57.5 Å². The second-order valence-corrected chi connectivity index (χ2v) is 6.63. The van der Waals surface area contributed by atoms with Crippen molar-refractivity contribution in [3.63, 3.8) is 0 Å². The molecule has 0 unspecified atom stereocenters. The van der Waals surface area contributed by atoms with E-state index in [0.717, 1.165) is 9.13 Å². The molecule has 0 aromatic heterocycles. The van der Waals surface area contributed by atoms with E-state index in [4.69, 9.17) is 15.2 Å². The Morgan fingerprint density at radius 3 is 2.92 bits per heavy atom. The first-order chi connectivity index (χ1) is 11.5. The average molecular weight is 462 g/mol. The lowest BCUT2D eigenvalue weighted by atomic mass is 10.2. The van der Waals surface area contributed by atoms with Crippen molar-refractivity contribution in [1.82, 2.24) is 5.32 Å². The number of rotatable bonds is 7. The Morgan fingerprint density at radius 2 is 2.29 bits per heavy atom. The molecule has 1 saturated heterocycles. The number of nitrogens with two attached hydrogens (primary N) is 1. The number of hydrogen-bond donors (Lipinski definition) is 2. The first-order valence-corrected chi connectivity index (χ1v) is 8.97. The van der Waals surface area contributed by atoms with E-state index >= 15 is 0 Å². The Balaban J connectivity index is 2.18. The first kappa shape index (κ1) is 18.5. The normalized spacial score (nSPS) is 15.8. The van der Waals surface area contributed by atoms with Crippen LogP contribution < -0.4 is 20.5 Å². The highest BCUT2D eigenvalue weighted by molar-refractivity contribution is 14.1. The number of carbonyl (C=O) groups excluding carboxylic acids is 2. The number of carbonyl (C=O) groups is 2. The lowest BCUT2D eigenvalue weighted by Crippen LogP contribution is -2.20. The first-order valence-electron chi connectivity index (χ1n) is 6.90. The van der Waals surface area contributed by atoms with Gasteiger partial charge in [-0.15, -0.1) is 5.10 Å². The molecule has 2 amide bonds. The predicted molar refractivity (Wildman–Crippen MR) is 101 cm³/mol. The molecule has 0 saturated carbocycles. The Morgan fingerprint density at radius 1 is 1.50 bits per heavy atom. The molecule has 1 aromatic carbocycles. The second-order valence-electron chi connectivity index (χ2n) is 4.50. The molecule has 0 atom stereocenters. The lowest BCUT2D eigenvalue weighted by Gasteiger charge is -2.13. The molecule has 0 bridgehead atoms. The fraction of sp³-hybridized carbons (Fsp3) is 0.286. The maximum absolute atomic E-state index is 11.1. The van der Waals surface area contributed by atoms with Gasteiger partial charge in [0.05, 0.1) is 22.1 Å². The van der Waals surface area contributed by atoms with Crippen molar-refractivity contribution in [3.05, 3.63) is 21.3 Å². The summed E-state index contributed by atoms with van der Waals surface area (Å²) in [6, 6.07) is 3.54. The third-order valence-corrected chi connectivity index (χ3v) is 4.30. The molecule has 0 aliphatic carbocycles. The molecule has 1 aliphatic rings.